The molecule has 3 unspecified atom stereocenters. The normalized spacial score (nSPS) is 29.9. The molecule has 4 rings (SSSR count). The summed E-state index contributed by atoms with van der Waals surface area (Å²) >= 11 is 6.00. The summed E-state index contributed by atoms with van der Waals surface area (Å²) in [4.78, 5) is 4.39. The van der Waals surface area contributed by atoms with Crippen LogP contribution in [0.2, 0.25) is 5.02 Å². The maximum atomic E-state index is 6.00. The Morgan fingerprint density at radius 1 is 1.29 bits per heavy atom. The van der Waals surface area contributed by atoms with Crippen molar-refractivity contribution in [2.24, 2.45) is 4.99 Å². The summed E-state index contributed by atoms with van der Waals surface area (Å²) in [5.74, 6) is 0.895. The second-order valence-corrected chi connectivity index (χ2v) is 7.51. The average molecular weight is 462 g/mol. The molecule has 1 aromatic rings. The van der Waals surface area contributed by atoms with E-state index in [-0.39, 0.29) is 29.4 Å². The smallest absolute Gasteiger partial charge is 0.191 e. The zero-order valence-corrected chi connectivity index (χ0v) is 17.0. The molecule has 0 radical (unpaired) electrons. The van der Waals surface area contributed by atoms with Gasteiger partial charge in [-0.1, -0.05) is 23.7 Å². The first-order chi connectivity index (χ1) is 11.2. The summed E-state index contributed by atoms with van der Waals surface area (Å²) in [7, 11) is 1.84. The largest absolute Gasteiger partial charge is 0.373 e. The fourth-order valence-electron chi connectivity index (χ4n) is 3.93. The van der Waals surface area contributed by atoms with E-state index in [1.165, 1.54) is 31.2 Å². The first-order valence-corrected chi connectivity index (χ1v) is 8.95. The predicted molar refractivity (Wildman–Crippen MR) is 109 cm³/mol. The number of guanidine groups is 1. The number of aliphatic imine (C=N–C) groups is 1. The fraction of sp³-hybridized carbons (Fsp3) is 0.611. The lowest BCUT2D eigenvalue weighted by Crippen LogP contribution is -2.49. The van der Waals surface area contributed by atoms with Crippen molar-refractivity contribution in [3.63, 3.8) is 0 Å². The van der Waals surface area contributed by atoms with Gasteiger partial charge < -0.3 is 15.4 Å². The molecule has 2 saturated heterocycles. The average Bonchev–Trinajstić information content (AvgIpc) is 3.06. The SMILES string of the molecule is CN=C(NCC1(c2ccc(Cl)cc2)CC1)NC1CC2CCC1O2.I. The number of nitrogens with zero attached hydrogens (tertiary/aromatic N) is 1. The highest BCUT2D eigenvalue weighted by Gasteiger charge is 2.45. The van der Waals surface area contributed by atoms with Gasteiger partial charge in [-0.15, -0.1) is 24.0 Å². The Kier molecular flexibility index (Phi) is 5.62. The van der Waals surface area contributed by atoms with Gasteiger partial charge in [0.25, 0.3) is 0 Å². The quantitative estimate of drug-likeness (QED) is 0.410. The minimum Gasteiger partial charge on any atom is -0.373 e. The van der Waals surface area contributed by atoms with Crippen molar-refractivity contribution in [3.8, 4) is 0 Å². The van der Waals surface area contributed by atoms with E-state index in [1.54, 1.807) is 0 Å². The Balaban J connectivity index is 0.00000169. The van der Waals surface area contributed by atoms with Gasteiger partial charge in [0.15, 0.2) is 5.96 Å². The lowest BCUT2D eigenvalue weighted by Gasteiger charge is -2.24. The molecule has 2 heterocycles. The molecule has 6 heteroatoms. The van der Waals surface area contributed by atoms with Gasteiger partial charge in [-0.25, -0.2) is 0 Å². The van der Waals surface area contributed by atoms with Crippen LogP contribution in [-0.4, -0.2) is 37.8 Å². The summed E-state index contributed by atoms with van der Waals surface area (Å²) < 4.78 is 5.91. The molecule has 3 atom stereocenters. The molecule has 1 aromatic carbocycles. The van der Waals surface area contributed by atoms with Gasteiger partial charge in [0.05, 0.1) is 18.2 Å². The van der Waals surface area contributed by atoms with Gasteiger partial charge >= 0.3 is 0 Å². The van der Waals surface area contributed by atoms with Gasteiger partial charge in [-0.05, 0) is 49.8 Å². The molecule has 3 aliphatic rings. The highest BCUT2D eigenvalue weighted by atomic mass is 127. The van der Waals surface area contributed by atoms with E-state index in [4.69, 9.17) is 16.3 Å². The first-order valence-electron chi connectivity index (χ1n) is 8.57. The second kappa shape index (κ2) is 7.38. The third-order valence-electron chi connectivity index (χ3n) is 5.56. The van der Waals surface area contributed by atoms with Crippen LogP contribution < -0.4 is 10.6 Å². The third kappa shape index (κ3) is 3.68. The van der Waals surface area contributed by atoms with Crippen LogP contribution in [0.4, 0.5) is 0 Å². The number of hydrogen-bond donors (Lipinski definition) is 2. The standard InChI is InChI=1S/C18H24ClN3O.HI/c1-20-17(22-15-10-14-6-7-16(15)23-14)21-11-18(8-9-18)12-2-4-13(19)5-3-12;/h2-5,14-16H,6-11H2,1H3,(H2,20,21,22);1H. The number of fused-ring (bicyclic) bond motifs is 2. The highest BCUT2D eigenvalue weighted by molar-refractivity contribution is 14.0. The van der Waals surface area contributed by atoms with Gasteiger partial charge in [0.1, 0.15) is 0 Å². The van der Waals surface area contributed by atoms with Crippen molar-refractivity contribution in [2.45, 2.75) is 55.8 Å². The molecule has 2 bridgehead atoms. The van der Waals surface area contributed by atoms with Crippen molar-refractivity contribution in [1.29, 1.82) is 0 Å². The fourth-order valence-corrected chi connectivity index (χ4v) is 4.06. The lowest BCUT2D eigenvalue weighted by molar-refractivity contribution is 0.0992. The lowest BCUT2D eigenvalue weighted by atomic mass is 9.95. The van der Waals surface area contributed by atoms with E-state index in [1.807, 2.05) is 19.2 Å². The molecule has 24 heavy (non-hydrogen) atoms. The van der Waals surface area contributed by atoms with E-state index in [0.29, 0.717) is 18.2 Å². The number of rotatable bonds is 4. The van der Waals surface area contributed by atoms with E-state index in [9.17, 15) is 0 Å². The molecule has 3 fully saturated rings. The van der Waals surface area contributed by atoms with Crippen LogP contribution in [0.15, 0.2) is 29.3 Å². The molecular formula is C18H25ClIN3O. The Bertz CT molecular complexity index is 603. The van der Waals surface area contributed by atoms with Gasteiger partial charge in [0.2, 0.25) is 0 Å². The summed E-state index contributed by atoms with van der Waals surface area (Å²) in [6.07, 6.45) is 6.76. The van der Waals surface area contributed by atoms with Crippen LogP contribution in [0.3, 0.4) is 0 Å². The summed E-state index contributed by atoms with van der Waals surface area (Å²) in [5, 5.41) is 7.87. The van der Waals surface area contributed by atoms with Crippen LogP contribution >= 0.6 is 35.6 Å². The molecule has 2 N–H and O–H groups in total. The van der Waals surface area contributed by atoms with Gasteiger partial charge in [-0.3, -0.25) is 4.99 Å². The third-order valence-corrected chi connectivity index (χ3v) is 5.81. The molecule has 2 aliphatic heterocycles. The Labute approximate surface area is 165 Å². The Morgan fingerprint density at radius 2 is 2.04 bits per heavy atom. The molecule has 0 spiro atoms. The molecule has 0 aromatic heterocycles. The van der Waals surface area contributed by atoms with Crippen molar-refractivity contribution < 1.29 is 4.74 Å². The molecular weight excluding hydrogens is 437 g/mol. The maximum absolute atomic E-state index is 6.00. The number of benzene rings is 1. The van der Waals surface area contributed by atoms with Crippen LogP contribution in [0.5, 0.6) is 0 Å². The summed E-state index contributed by atoms with van der Waals surface area (Å²) in [6, 6.07) is 8.67. The first kappa shape index (κ1) is 18.3. The minimum absolute atomic E-state index is 0. The molecule has 0 amide bonds. The zero-order chi connectivity index (χ0) is 15.9. The van der Waals surface area contributed by atoms with E-state index in [0.717, 1.165) is 23.9 Å². The summed E-state index contributed by atoms with van der Waals surface area (Å²) in [5.41, 5.74) is 1.61. The topological polar surface area (TPSA) is 45.7 Å². The maximum Gasteiger partial charge on any atom is 0.191 e. The van der Waals surface area contributed by atoms with Crippen molar-refractivity contribution >= 4 is 41.5 Å². The number of halogens is 2. The van der Waals surface area contributed by atoms with E-state index in [2.05, 4.69) is 27.8 Å². The zero-order valence-electron chi connectivity index (χ0n) is 13.9. The minimum atomic E-state index is 0. The monoisotopic (exact) mass is 461 g/mol. The van der Waals surface area contributed by atoms with Crippen LogP contribution in [-0.2, 0) is 10.2 Å². The van der Waals surface area contributed by atoms with E-state index < -0.39 is 0 Å². The number of hydrogen-bond acceptors (Lipinski definition) is 2. The molecule has 4 nitrogen and oxygen atoms in total. The molecule has 1 saturated carbocycles. The van der Waals surface area contributed by atoms with E-state index >= 15 is 0 Å². The van der Waals surface area contributed by atoms with Crippen LogP contribution in [0.25, 0.3) is 0 Å². The van der Waals surface area contributed by atoms with Crippen molar-refractivity contribution in [1.82, 2.24) is 10.6 Å². The predicted octanol–water partition coefficient (Wildman–Crippen LogP) is 3.47. The number of ether oxygens (including phenoxy) is 1. The Hall–Kier alpha value is -0.530. The van der Waals surface area contributed by atoms with Gasteiger partial charge in [0, 0.05) is 24.0 Å². The van der Waals surface area contributed by atoms with Gasteiger partial charge in [-0.2, -0.15) is 0 Å². The molecule has 1 aliphatic carbocycles. The summed E-state index contributed by atoms with van der Waals surface area (Å²) in [6.45, 7) is 0.913. The van der Waals surface area contributed by atoms with Crippen LogP contribution in [0.1, 0.15) is 37.7 Å². The van der Waals surface area contributed by atoms with Crippen molar-refractivity contribution in [3.05, 3.63) is 34.9 Å². The highest BCUT2D eigenvalue weighted by Crippen LogP contribution is 2.47. The van der Waals surface area contributed by atoms with Crippen LogP contribution in [0, 0.1) is 0 Å². The second-order valence-electron chi connectivity index (χ2n) is 7.07. The Morgan fingerprint density at radius 3 is 2.58 bits per heavy atom. The number of nitrogens with one attached hydrogen (secondary N) is 2. The van der Waals surface area contributed by atoms with Crippen molar-refractivity contribution in [2.75, 3.05) is 13.6 Å². The molecule has 132 valence electrons.